The van der Waals surface area contributed by atoms with E-state index < -0.39 is 11.6 Å². The van der Waals surface area contributed by atoms with Gasteiger partial charge < -0.3 is 9.47 Å². The summed E-state index contributed by atoms with van der Waals surface area (Å²) in [5.41, 5.74) is 0.934. The van der Waals surface area contributed by atoms with Crippen molar-refractivity contribution in [3.63, 3.8) is 0 Å². The Morgan fingerprint density at radius 2 is 1.79 bits per heavy atom. The molecule has 0 spiro atoms. The third-order valence-corrected chi connectivity index (χ3v) is 2.91. The summed E-state index contributed by atoms with van der Waals surface area (Å²) in [6.45, 7) is 0.0917. The molecule has 0 saturated heterocycles. The first-order valence-corrected chi connectivity index (χ1v) is 5.55. The average molecular weight is 258 g/mol. The summed E-state index contributed by atoms with van der Waals surface area (Å²) in [5, 5.41) is 0. The van der Waals surface area contributed by atoms with Crippen molar-refractivity contribution in [1.82, 2.24) is 0 Å². The quantitative estimate of drug-likeness (QED) is 0.730. The second kappa shape index (κ2) is 4.29. The molecule has 1 heterocycles. The Morgan fingerprint density at radius 1 is 1.05 bits per heavy atom. The van der Waals surface area contributed by atoms with Gasteiger partial charge in [0.25, 0.3) is 0 Å². The largest absolute Gasteiger partial charge is 0.454 e. The number of rotatable bonds is 1. The highest BCUT2D eigenvalue weighted by Gasteiger charge is 2.19. The fraction of sp³-hybridized carbons (Fsp3) is 0.0667. The fourth-order valence-corrected chi connectivity index (χ4v) is 2.00. The molecule has 0 aliphatic carbocycles. The Morgan fingerprint density at radius 3 is 2.53 bits per heavy atom. The number of benzene rings is 2. The predicted octanol–water partition coefficient (Wildman–Crippen LogP) is 3.34. The summed E-state index contributed by atoms with van der Waals surface area (Å²) in [4.78, 5) is 0. The molecule has 2 nitrogen and oxygen atoms in total. The van der Waals surface area contributed by atoms with Gasteiger partial charge in [0.1, 0.15) is 0 Å². The first kappa shape index (κ1) is 11.5. The maximum atomic E-state index is 13.8. The first-order valence-electron chi connectivity index (χ1n) is 5.55. The molecule has 19 heavy (non-hydrogen) atoms. The Balaban J connectivity index is 2.25. The van der Waals surface area contributed by atoms with Crippen molar-refractivity contribution in [2.24, 2.45) is 0 Å². The molecule has 4 heteroatoms. The molecule has 1 aliphatic heterocycles. The van der Waals surface area contributed by atoms with E-state index in [0.717, 1.165) is 6.07 Å². The lowest BCUT2D eigenvalue weighted by atomic mass is 9.98. The summed E-state index contributed by atoms with van der Waals surface area (Å²) in [6.07, 6.45) is 5.41. The van der Waals surface area contributed by atoms with E-state index in [2.05, 4.69) is 5.92 Å². The van der Waals surface area contributed by atoms with Crippen molar-refractivity contribution in [2.75, 3.05) is 6.79 Å². The van der Waals surface area contributed by atoms with Crippen LogP contribution in [0.15, 0.2) is 30.3 Å². The van der Waals surface area contributed by atoms with E-state index in [-0.39, 0.29) is 12.4 Å². The molecule has 0 unspecified atom stereocenters. The molecular formula is C15H8F2O2. The molecule has 0 N–H and O–H groups in total. The minimum Gasteiger partial charge on any atom is -0.454 e. The van der Waals surface area contributed by atoms with Crippen LogP contribution >= 0.6 is 0 Å². The van der Waals surface area contributed by atoms with Gasteiger partial charge in [0.05, 0.1) is 0 Å². The van der Waals surface area contributed by atoms with Gasteiger partial charge in [-0.05, 0) is 12.1 Å². The van der Waals surface area contributed by atoms with Crippen molar-refractivity contribution in [3.8, 4) is 35.0 Å². The van der Waals surface area contributed by atoms with E-state index in [1.165, 1.54) is 12.1 Å². The molecule has 2 aromatic carbocycles. The fourth-order valence-electron chi connectivity index (χ4n) is 2.00. The number of fused-ring (bicyclic) bond motifs is 1. The van der Waals surface area contributed by atoms with Crippen LogP contribution in [0, 0.1) is 24.0 Å². The maximum absolute atomic E-state index is 13.8. The van der Waals surface area contributed by atoms with Crippen LogP contribution < -0.4 is 9.47 Å². The van der Waals surface area contributed by atoms with Crippen LogP contribution in [0.2, 0.25) is 0 Å². The van der Waals surface area contributed by atoms with E-state index in [1.54, 1.807) is 12.1 Å². The lowest BCUT2D eigenvalue weighted by Gasteiger charge is -2.08. The van der Waals surface area contributed by atoms with Gasteiger partial charge in [0.2, 0.25) is 6.79 Å². The number of hydrogen-bond acceptors (Lipinski definition) is 2. The van der Waals surface area contributed by atoms with E-state index in [1.807, 2.05) is 0 Å². The topological polar surface area (TPSA) is 18.5 Å². The van der Waals surface area contributed by atoms with Crippen LogP contribution in [0.5, 0.6) is 11.5 Å². The SMILES string of the molecule is C#Cc1cc2c(cc1-c1cccc(F)c1F)OCO2. The zero-order valence-electron chi connectivity index (χ0n) is 9.74. The molecule has 2 aromatic rings. The third-order valence-electron chi connectivity index (χ3n) is 2.91. The molecule has 0 saturated carbocycles. The molecule has 0 amide bonds. The molecular weight excluding hydrogens is 250 g/mol. The van der Waals surface area contributed by atoms with Crippen molar-refractivity contribution in [3.05, 3.63) is 47.5 Å². The van der Waals surface area contributed by atoms with Gasteiger partial charge in [-0.2, -0.15) is 0 Å². The normalized spacial score (nSPS) is 12.3. The predicted molar refractivity (Wildman–Crippen MR) is 65.9 cm³/mol. The molecule has 94 valence electrons. The molecule has 0 fully saturated rings. The highest BCUT2D eigenvalue weighted by atomic mass is 19.2. The molecule has 0 radical (unpaired) electrons. The van der Waals surface area contributed by atoms with Crippen molar-refractivity contribution >= 4 is 0 Å². The van der Waals surface area contributed by atoms with Crippen LogP contribution in [-0.4, -0.2) is 6.79 Å². The van der Waals surface area contributed by atoms with E-state index in [4.69, 9.17) is 15.9 Å². The Hall–Kier alpha value is -2.54. The summed E-state index contributed by atoms with van der Waals surface area (Å²) in [6, 6.07) is 7.11. The Kier molecular flexibility index (Phi) is 2.60. The Labute approximate surface area is 108 Å². The third kappa shape index (κ3) is 1.80. The standard InChI is InChI=1S/C15H8F2O2/c1-2-9-6-13-14(19-8-18-13)7-11(9)10-4-3-5-12(16)15(10)17/h1,3-7H,8H2. The van der Waals surface area contributed by atoms with Gasteiger partial charge in [-0.3, -0.25) is 0 Å². The smallest absolute Gasteiger partial charge is 0.231 e. The second-order valence-corrected chi connectivity index (χ2v) is 4.00. The van der Waals surface area contributed by atoms with Crippen LogP contribution in [0.1, 0.15) is 5.56 Å². The number of ether oxygens (including phenoxy) is 2. The lowest BCUT2D eigenvalue weighted by molar-refractivity contribution is 0.174. The summed E-state index contributed by atoms with van der Waals surface area (Å²) in [5.74, 6) is 1.57. The van der Waals surface area contributed by atoms with Crippen LogP contribution in [0.4, 0.5) is 8.78 Å². The summed E-state index contributed by atoms with van der Waals surface area (Å²) < 4.78 is 37.6. The van der Waals surface area contributed by atoms with Gasteiger partial charge in [0, 0.05) is 22.8 Å². The van der Waals surface area contributed by atoms with Crippen molar-refractivity contribution < 1.29 is 18.3 Å². The first-order chi connectivity index (χ1) is 9.20. The minimum atomic E-state index is -0.933. The minimum absolute atomic E-state index is 0.0917. The highest BCUT2D eigenvalue weighted by Crippen LogP contribution is 2.39. The highest BCUT2D eigenvalue weighted by molar-refractivity contribution is 5.75. The molecule has 3 rings (SSSR count). The van der Waals surface area contributed by atoms with Gasteiger partial charge in [-0.1, -0.05) is 18.1 Å². The van der Waals surface area contributed by atoms with Crippen LogP contribution in [0.25, 0.3) is 11.1 Å². The zero-order valence-corrected chi connectivity index (χ0v) is 9.74. The Bertz CT molecular complexity index is 702. The van der Waals surface area contributed by atoms with Crippen LogP contribution in [-0.2, 0) is 0 Å². The lowest BCUT2D eigenvalue weighted by Crippen LogP contribution is -1.93. The monoisotopic (exact) mass is 258 g/mol. The van der Waals surface area contributed by atoms with E-state index in [0.29, 0.717) is 22.6 Å². The van der Waals surface area contributed by atoms with E-state index >= 15 is 0 Å². The second-order valence-electron chi connectivity index (χ2n) is 4.00. The van der Waals surface area contributed by atoms with Gasteiger partial charge in [-0.25, -0.2) is 8.78 Å². The van der Waals surface area contributed by atoms with Gasteiger partial charge >= 0.3 is 0 Å². The number of terminal acetylenes is 1. The van der Waals surface area contributed by atoms with Crippen molar-refractivity contribution in [2.45, 2.75) is 0 Å². The molecule has 0 atom stereocenters. The number of hydrogen-bond donors (Lipinski definition) is 0. The van der Waals surface area contributed by atoms with Gasteiger partial charge in [-0.15, -0.1) is 6.42 Å². The van der Waals surface area contributed by atoms with E-state index in [9.17, 15) is 8.78 Å². The molecule has 1 aliphatic rings. The molecule has 0 aromatic heterocycles. The molecule has 0 bridgehead atoms. The zero-order chi connectivity index (χ0) is 13.4. The summed E-state index contributed by atoms with van der Waals surface area (Å²) in [7, 11) is 0. The summed E-state index contributed by atoms with van der Waals surface area (Å²) >= 11 is 0. The average Bonchev–Trinajstić information content (AvgIpc) is 2.87. The maximum Gasteiger partial charge on any atom is 0.231 e. The van der Waals surface area contributed by atoms with Crippen molar-refractivity contribution in [1.29, 1.82) is 0 Å². The number of halogens is 2. The van der Waals surface area contributed by atoms with Gasteiger partial charge in [0.15, 0.2) is 23.1 Å². The van der Waals surface area contributed by atoms with Crippen LogP contribution in [0.3, 0.4) is 0 Å².